The molecule has 0 amide bonds. The highest BCUT2D eigenvalue weighted by molar-refractivity contribution is 6.62. The van der Waals surface area contributed by atoms with Crippen molar-refractivity contribution in [1.82, 2.24) is 9.88 Å². The van der Waals surface area contributed by atoms with Gasteiger partial charge >= 0.3 is 7.12 Å². The molecule has 6 heteroatoms. The van der Waals surface area contributed by atoms with Crippen molar-refractivity contribution in [3.63, 3.8) is 0 Å². The van der Waals surface area contributed by atoms with Crippen molar-refractivity contribution >= 4 is 18.4 Å². The number of likely N-dealkylation sites (tertiary alicyclic amines) is 1. The van der Waals surface area contributed by atoms with Crippen LogP contribution >= 0.6 is 0 Å². The Hall–Kier alpha value is -1.11. The van der Waals surface area contributed by atoms with Crippen LogP contribution in [0.2, 0.25) is 0 Å². The van der Waals surface area contributed by atoms with E-state index in [-0.39, 0.29) is 18.3 Å². The van der Waals surface area contributed by atoms with E-state index in [1.165, 1.54) is 32.5 Å². The van der Waals surface area contributed by atoms with E-state index in [9.17, 15) is 0 Å². The van der Waals surface area contributed by atoms with E-state index >= 15 is 0 Å². The van der Waals surface area contributed by atoms with E-state index in [0.717, 1.165) is 24.2 Å². The zero-order valence-corrected chi connectivity index (χ0v) is 15.5. The topological polar surface area (TPSA) is 46.6 Å². The van der Waals surface area contributed by atoms with Gasteiger partial charge in [0.1, 0.15) is 5.82 Å². The third-order valence-corrected chi connectivity index (χ3v) is 5.47. The molecule has 0 radical (unpaired) electrons. The molecule has 24 heavy (non-hydrogen) atoms. The average Bonchev–Trinajstić information content (AvgIpc) is 3.11. The molecule has 2 saturated heterocycles. The number of hydrogen-bond donors (Lipinski definition) is 1. The lowest BCUT2D eigenvalue weighted by Crippen LogP contribution is -2.41. The summed E-state index contributed by atoms with van der Waals surface area (Å²) >= 11 is 0. The second kappa shape index (κ2) is 7.02. The highest BCUT2D eigenvalue weighted by Crippen LogP contribution is 2.36. The monoisotopic (exact) mass is 331 g/mol. The summed E-state index contributed by atoms with van der Waals surface area (Å²) in [4.78, 5) is 7.04. The van der Waals surface area contributed by atoms with Crippen LogP contribution in [0.5, 0.6) is 0 Å². The number of pyridine rings is 1. The van der Waals surface area contributed by atoms with E-state index in [1.54, 1.807) is 0 Å². The Morgan fingerprint density at radius 2 is 1.79 bits per heavy atom. The first-order valence-corrected chi connectivity index (χ1v) is 9.15. The molecular formula is C18H30BN3O2. The molecule has 1 aromatic heterocycles. The van der Waals surface area contributed by atoms with Crippen LogP contribution in [0.1, 0.15) is 47.0 Å². The lowest BCUT2D eigenvalue weighted by molar-refractivity contribution is 0.00578. The van der Waals surface area contributed by atoms with Gasteiger partial charge in [-0.15, -0.1) is 0 Å². The molecule has 0 aliphatic carbocycles. The zero-order chi connectivity index (χ0) is 17.2. The fraction of sp³-hybridized carbons (Fsp3) is 0.722. The highest BCUT2D eigenvalue weighted by atomic mass is 16.7. The molecule has 0 unspecified atom stereocenters. The SMILES string of the molecule is CC1(C)OB(c2ccc(NCCCN3CCCC3)nc2)OC1(C)C. The standard InChI is InChI=1S/C18H30BN3O2/c1-17(2)18(3,4)24-19(23-17)15-8-9-16(21-14-15)20-10-7-13-22-11-5-6-12-22/h8-9,14H,5-7,10-13H2,1-4H3,(H,20,21). The second-order valence-corrected chi connectivity index (χ2v) is 7.89. The normalized spacial score (nSPS) is 22.9. The van der Waals surface area contributed by atoms with Gasteiger partial charge in [-0.1, -0.05) is 6.07 Å². The minimum Gasteiger partial charge on any atom is -0.399 e. The Labute approximate surface area is 146 Å². The highest BCUT2D eigenvalue weighted by Gasteiger charge is 2.51. The molecule has 0 saturated carbocycles. The zero-order valence-electron chi connectivity index (χ0n) is 15.5. The molecule has 5 nitrogen and oxygen atoms in total. The van der Waals surface area contributed by atoms with Crippen molar-refractivity contribution in [3.8, 4) is 0 Å². The summed E-state index contributed by atoms with van der Waals surface area (Å²) in [6.07, 6.45) is 5.72. The van der Waals surface area contributed by atoms with Gasteiger partial charge in [-0.25, -0.2) is 4.98 Å². The number of anilines is 1. The van der Waals surface area contributed by atoms with Crippen LogP contribution in [0, 0.1) is 0 Å². The number of nitrogens with one attached hydrogen (secondary N) is 1. The van der Waals surface area contributed by atoms with Gasteiger partial charge in [-0.3, -0.25) is 0 Å². The van der Waals surface area contributed by atoms with Gasteiger partial charge in [0, 0.05) is 18.2 Å². The molecule has 3 heterocycles. The smallest absolute Gasteiger partial charge is 0.399 e. The van der Waals surface area contributed by atoms with E-state index in [2.05, 4.69) is 42.9 Å². The molecule has 0 bridgehead atoms. The van der Waals surface area contributed by atoms with Crippen LogP contribution in [0.25, 0.3) is 0 Å². The maximum Gasteiger partial charge on any atom is 0.496 e. The van der Waals surface area contributed by atoms with Gasteiger partial charge in [0.15, 0.2) is 0 Å². The Bertz CT molecular complexity index is 526. The van der Waals surface area contributed by atoms with Gasteiger partial charge in [0.2, 0.25) is 0 Å². The van der Waals surface area contributed by atoms with Crippen molar-refractivity contribution in [2.24, 2.45) is 0 Å². The first-order chi connectivity index (χ1) is 11.4. The number of aromatic nitrogens is 1. The van der Waals surface area contributed by atoms with E-state index in [4.69, 9.17) is 9.31 Å². The van der Waals surface area contributed by atoms with E-state index in [0.29, 0.717) is 0 Å². The number of nitrogens with zero attached hydrogens (tertiary/aromatic N) is 2. The van der Waals surface area contributed by atoms with Crippen molar-refractivity contribution in [2.45, 2.75) is 58.2 Å². The quantitative estimate of drug-likeness (QED) is 0.640. The molecule has 2 aliphatic heterocycles. The van der Waals surface area contributed by atoms with Crippen LogP contribution in [-0.4, -0.2) is 54.4 Å². The fourth-order valence-electron chi connectivity index (χ4n) is 3.15. The summed E-state index contributed by atoms with van der Waals surface area (Å²) in [5.74, 6) is 0.914. The van der Waals surface area contributed by atoms with Gasteiger partial charge in [0.25, 0.3) is 0 Å². The predicted octanol–water partition coefficient (Wildman–Crippen LogP) is 2.28. The molecule has 132 valence electrons. The Morgan fingerprint density at radius 3 is 2.38 bits per heavy atom. The van der Waals surface area contributed by atoms with E-state index in [1.807, 2.05) is 18.3 Å². The summed E-state index contributed by atoms with van der Waals surface area (Å²) in [6.45, 7) is 12.9. The summed E-state index contributed by atoms with van der Waals surface area (Å²) in [5, 5.41) is 3.40. The lowest BCUT2D eigenvalue weighted by Gasteiger charge is -2.32. The van der Waals surface area contributed by atoms with Gasteiger partial charge in [-0.05, 0) is 72.7 Å². The Morgan fingerprint density at radius 1 is 1.12 bits per heavy atom. The van der Waals surface area contributed by atoms with Crippen LogP contribution in [0.3, 0.4) is 0 Å². The first-order valence-electron chi connectivity index (χ1n) is 9.15. The van der Waals surface area contributed by atoms with Crippen LogP contribution < -0.4 is 10.8 Å². The maximum absolute atomic E-state index is 6.06. The fourth-order valence-corrected chi connectivity index (χ4v) is 3.15. The average molecular weight is 331 g/mol. The molecule has 0 aromatic carbocycles. The van der Waals surface area contributed by atoms with Crippen LogP contribution in [0.4, 0.5) is 5.82 Å². The summed E-state index contributed by atoms with van der Waals surface area (Å²) in [7, 11) is -0.341. The molecule has 3 rings (SSSR count). The summed E-state index contributed by atoms with van der Waals surface area (Å²) in [6, 6.07) is 4.05. The maximum atomic E-state index is 6.06. The molecule has 0 atom stereocenters. The minimum atomic E-state index is -0.341. The molecule has 2 fully saturated rings. The Kier molecular flexibility index (Phi) is 5.18. The number of hydrogen-bond acceptors (Lipinski definition) is 5. The molecule has 2 aliphatic rings. The van der Waals surface area contributed by atoms with Crippen LogP contribution in [0.15, 0.2) is 18.3 Å². The van der Waals surface area contributed by atoms with E-state index < -0.39 is 0 Å². The second-order valence-electron chi connectivity index (χ2n) is 7.89. The predicted molar refractivity (Wildman–Crippen MR) is 98.7 cm³/mol. The van der Waals surface area contributed by atoms with Gasteiger partial charge in [0.05, 0.1) is 11.2 Å². The minimum absolute atomic E-state index is 0.315. The lowest BCUT2D eigenvalue weighted by atomic mass is 9.80. The Balaban J connectivity index is 1.47. The molecule has 1 N–H and O–H groups in total. The third-order valence-electron chi connectivity index (χ3n) is 5.47. The van der Waals surface area contributed by atoms with Gasteiger partial charge in [-0.2, -0.15) is 0 Å². The summed E-state index contributed by atoms with van der Waals surface area (Å²) in [5.41, 5.74) is 0.338. The largest absolute Gasteiger partial charge is 0.496 e. The van der Waals surface area contributed by atoms with Crippen molar-refractivity contribution in [2.75, 3.05) is 31.5 Å². The van der Waals surface area contributed by atoms with Crippen molar-refractivity contribution < 1.29 is 9.31 Å². The molecule has 1 aromatic rings. The summed E-state index contributed by atoms with van der Waals surface area (Å²) < 4.78 is 12.1. The van der Waals surface area contributed by atoms with Crippen molar-refractivity contribution in [1.29, 1.82) is 0 Å². The number of rotatable bonds is 6. The van der Waals surface area contributed by atoms with Gasteiger partial charge < -0.3 is 19.5 Å². The van der Waals surface area contributed by atoms with Crippen LogP contribution in [-0.2, 0) is 9.31 Å². The molecular weight excluding hydrogens is 301 g/mol. The third kappa shape index (κ3) is 3.93. The first kappa shape index (κ1) is 17.7. The van der Waals surface area contributed by atoms with Crippen molar-refractivity contribution in [3.05, 3.63) is 18.3 Å². The molecule has 0 spiro atoms.